The lowest BCUT2D eigenvalue weighted by atomic mass is 9.79. The van der Waals surface area contributed by atoms with Gasteiger partial charge in [-0.25, -0.2) is 24.5 Å². The maximum atomic E-state index is 13.8. The number of amides is 1. The molecule has 7 aromatic heterocycles. The van der Waals surface area contributed by atoms with Crippen LogP contribution in [0, 0.1) is 0 Å². The number of methoxy groups -OCH3 is 2. The van der Waals surface area contributed by atoms with Crippen LogP contribution in [0.25, 0.3) is 33.7 Å². The van der Waals surface area contributed by atoms with Crippen LogP contribution in [-0.2, 0) is 28.0 Å². The van der Waals surface area contributed by atoms with E-state index in [9.17, 15) is 53.9 Å². The van der Waals surface area contributed by atoms with Gasteiger partial charge in [0.25, 0.3) is 5.91 Å². The number of hydrogen-bond acceptors (Lipinski definition) is 11. The van der Waals surface area contributed by atoms with E-state index >= 15 is 0 Å². The van der Waals surface area contributed by atoms with Crippen LogP contribution in [0.3, 0.4) is 0 Å². The van der Waals surface area contributed by atoms with Crippen molar-refractivity contribution in [3.8, 4) is 0 Å². The first kappa shape index (κ1) is 60.9. The zero-order valence-electron chi connectivity index (χ0n) is 42.2. The lowest BCUT2D eigenvalue weighted by Crippen LogP contribution is -2.29. The van der Waals surface area contributed by atoms with Gasteiger partial charge < -0.3 is 24.4 Å². The lowest BCUT2D eigenvalue weighted by molar-refractivity contribution is -0.137. The summed E-state index contributed by atoms with van der Waals surface area (Å²) in [5.74, 6) is -2.27. The third kappa shape index (κ3) is 13.4. The van der Waals surface area contributed by atoms with Gasteiger partial charge in [0.15, 0.2) is 34.0 Å². The minimum atomic E-state index is -4.62. The SMILES string of the molecule is COC(=O)c1nc2c(C(F)(F)F)cc(Br)cn2c1Cl.COC(=O)c1nc2c(C(F)(F)F)cc(C3=CCCC3)cn2c1Cl.O=C(c1nc2c(C(F)(F)F)cc(C3=CCCC3)cn2c1Cl)N1CC=C(c2cccs2)C1.OB(O)C1=CCCC1. The number of imidazole rings is 3. The van der Waals surface area contributed by atoms with Gasteiger partial charge >= 0.3 is 37.6 Å². The molecule has 4 aliphatic rings. The molecule has 0 spiro atoms. The van der Waals surface area contributed by atoms with E-state index in [4.69, 9.17) is 44.9 Å². The maximum Gasteiger partial charge on any atom is 0.483 e. The summed E-state index contributed by atoms with van der Waals surface area (Å²) in [6, 6.07) is 6.92. The largest absolute Gasteiger partial charge is 0.483 e. The van der Waals surface area contributed by atoms with Gasteiger partial charge in [0.1, 0.15) is 15.5 Å². The fourth-order valence-electron chi connectivity index (χ4n) is 9.18. The predicted molar refractivity (Wildman–Crippen MR) is 290 cm³/mol. The molecule has 29 heteroatoms. The van der Waals surface area contributed by atoms with Crippen LogP contribution < -0.4 is 0 Å². The number of hydrogen-bond donors (Lipinski definition) is 2. The number of halogens is 13. The van der Waals surface area contributed by atoms with E-state index in [1.54, 1.807) is 17.5 Å². The molecule has 0 aromatic carbocycles. The van der Waals surface area contributed by atoms with Crippen molar-refractivity contribution in [3.05, 3.63) is 154 Å². The van der Waals surface area contributed by atoms with Crippen molar-refractivity contribution < 1.29 is 73.4 Å². The Balaban J connectivity index is 0.000000153. The second-order valence-electron chi connectivity index (χ2n) is 18.3. The van der Waals surface area contributed by atoms with Gasteiger partial charge in [0.05, 0.1) is 30.9 Å². The molecule has 14 nitrogen and oxygen atoms in total. The van der Waals surface area contributed by atoms with Crippen molar-refractivity contribution in [2.75, 3.05) is 27.3 Å². The Morgan fingerprint density at radius 1 is 0.630 bits per heavy atom. The number of carbonyl (C=O) groups is 3. The molecule has 3 aliphatic carbocycles. The zero-order chi connectivity index (χ0) is 58.9. The Hall–Kier alpha value is -6.16. The zero-order valence-corrected chi connectivity index (χ0v) is 46.9. The number of rotatable bonds is 7. The van der Waals surface area contributed by atoms with Gasteiger partial charge in [0.2, 0.25) is 0 Å². The molecule has 0 fully saturated rings. The predicted octanol–water partition coefficient (Wildman–Crippen LogP) is 14.2. The second-order valence-corrected chi connectivity index (χ2v) is 21.3. The van der Waals surface area contributed by atoms with Gasteiger partial charge in [-0.1, -0.05) is 65.2 Å². The number of alkyl halides is 9. The Bertz CT molecular complexity index is 3700. The lowest BCUT2D eigenvalue weighted by Gasteiger charge is -2.15. The molecule has 11 rings (SSSR count). The highest BCUT2D eigenvalue weighted by Crippen LogP contribution is 2.41. The number of nitrogens with zero attached hydrogens (tertiary/aromatic N) is 7. The van der Waals surface area contributed by atoms with Crippen LogP contribution in [0.2, 0.25) is 15.5 Å². The molecule has 8 heterocycles. The normalized spacial score (nSPS) is 15.3. The van der Waals surface area contributed by atoms with Crippen molar-refractivity contribution in [3.63, 3.8) is 0 Å². The fraction of sp³-hybridized carbons (Fsp3) is 0.308. The minimum Gasteiger partial charge on any atom is -0.464 e. The highest BCUT2D eigenvalue weighted by molar-refractivity contribution is 9.10. The smallest absolute Gasteiger partial charge is 0.464 e. The van der Waals surface area contributed by atoms with E-state index in [2.05, 4.69) is 40.4 Å². The number of allylic oxidation sites excluding steroid dienone is 6. The Morgan fingerprint density at radius 3 is 1.47 bits per heavy atom. The van der Waals surface area contributed by atoms with Gasteiger partial charge in [0, 0.05) is 41.0 Å². The quantitative estimate of drug-likeness (QED) is 0.0891. The first-order valence-electron chi connectivity index (χ1n) is 24.4. The number of thiophene rings is 1. The second kappa shape index (κ2) is 24.7. The molecular weight excluding hydrogens is 1230 g/mol. The molecule has 428 valence electrons. The fourth-order valence-corrected chi connectivity index (χ4v) is 11.1. The standard InChI is InChI=1S/C22H17ClF3N3OS.C15H12ClF3N2O2.C10H5BrClF3N2O2.C5H9BO2/c23-19-18(21(30)28-8-7-14(11-28)17-6-3-9-31-17)27-20-16(22(24,25)26)10-15(12-29(19)20)13-4-1-2-5-13;1-23-14(22)11-12(16)21-7-9(8-4-2-3-5-8)6-10(13(21)20-11)15(17,18)19;1-19-9(18)6-7(12)17-3-4(11)2-5(8(17)16-6)10(13,14)15;7-6(8)5-3-1-2-4-5/h3-4,6-7,9-10,12H,1-2,5,8,11H2;4,6-7H,2-3,5H2,1H3;2-3H,1H3;3,7-8H,1-2,4H2. The van der Waals surface area contributed by atoms with Crippen molar-refractivity contribution in [2.24, 2.45) is 0 Å². The molecule has 0 atom stereocenters. The monoisotopic (exact) mass is 1280 g/mol. The molecule has 0 radical (unpaired) electrons. The summed E-state index contributed by atoms with van der Waals surface area (Å²) in [4.78, 5) is 50.1. The van der Waals surface area contributed by atoms with Crippen LogP contribution >= 0.6 is 62.1 Å². The topological polar surface area (TPSA) is 165 Å². The summed E-state index contributed by atoms with van der Waals surface area (Å²) < 4.78 is 133. The van der Waals surface area contributed by atoms with E-state index in [1.807, 2.05) is 41.8 Å². The molecule has 0 saturated carbocycles. The van der Waals surface area contributed by atoms with Crippen LogP contribution in [0.5, 0.6) is 0 Å². The summed E-state index contributed by atoms with van der Waals surface area (Å²) in [7, 11) is 1.00. The average molecular weight is 1280 g/mol. The van der Waals surface area contributed by atoms with E-state index in [0.29, 0.717) is 37.1 Å². The van der Waals surface area contributed by atoms with E-state index in [-0.39, 0.29) is 42.7 Å². The molecule has 0 unspecified atom stereocenters. The van der Waals surface area contributed by atoms with Gasteiger partial charge in [-0.2, -0.15) is 39.5 Å². The number of aromatic nitrogens is 6. The number of ether oxygens (including phenoxy) is 2. The number of carbonyl (C=O) groups excluding carboxylic acids is 3. The Kier molecular flexibility index (Phi) is 18.6. The summed E-state index contributed by atoms with van der Waals surface area (Å²) >= 11 is 22.8. The summed E-state index contributed by atoms with van der Waals surface area (Å²) in [6.07, 6.45) is 6.00. The third-order valence-corrected chi connectivity index (χ3v) is 15.6. The molecule has 1 aliphatic heterocycles. The Labute approximate surface area is 482 Å². The summed E-state index contributed by atoms with van der Waals surface area (Å²) in [5.41, 5.74) is -0.542. The molecule has 1 amide bonds. The van der Waals surface area contributed by atoms with E-state index in [1.165, 1.54) is 21.7 Å². The maximum absolute atomic E-state index is 13.8. The highest BCUT2D eigenvalue weighted by Gasteiger charge is 2.39. The number of esters is 2. The molecule has 0 saturated heterocycles. The van der Waals surface area contributed by atoms with Crippen LogP contribution in [0.4, 0.5) is 39.5 Å². The molecule has 0 bridgehead atoms. The van der Waals surface area contributed by atoms with Crippen LogP contribution in [-0.4, -0.2) is 95.4 Å². The molecule has 7 aromatic rings. The van der Waals surface area contributed by atoms with E-state index in [0.717, 1.165) is 113 Å². The van der Waals surface area contributed by atoms with E-state index < -0.39 is 71.5 Å². The summed E-state index contributed by atoms with van der Waals surface area (Å²) in [5, 5.41) is 18.5. The van der Waals surface area contributed by atoms with Crippen molar-refractivity contribution in [1.82, 2.24) is 33.1 Å². The average Bonchev–Trinajstić information content (AvgIpc) is 3.64. The first-order chi connectivity index (χ1) is 38.2. The number of pyridine rings is 3. The van der Waals surface area contributed by atoms with Gasteiger partial charge in [-0.05, 0) is 137 Å². The van der Waals surface area contributed by atoms with Crippen molar-refractivity contribution in [2.45, 2.75) is 76.3 Å². The Morgan fingerprint density at radius 2 is 1.07 bits per heavy atom. The van der Waals surface area contributed by atoms with Crippen molar-refractivity contribution >= 4 is 121 Å². The third-order valence-electron chi connectivity index (χ3n) is 13.1. The first-order valence-corrected chi connectivity index (χ1v) is 27.2. The number of fused-ring (bicyclic) bond motifs is 3. The molecule has 81 heavy (non-hydrogen) atoms. The minimum absolute atomic E-state index is 0.101. The highest BCUT2D eigenvalue weighted by atomic mass is 79.9. The van der Waals surface area contributed by atoms with Crippen molar-refractivity contribution in [1.29, 1.82) is 0 Å². The molecular formula is C52H43BBrCl3F9N7O7S. The summed E-state index contributed by atoms with van der Waals surface area (Å²) in [6.45, 7) is 0.730. The molecule has 2 N–H and O–H groups in total. The van der Waals surface area contributed by atoms with Crippen LogP contribution in [0.15, 0.2) is 88.6 Å². The van der Waals surface area contributed by atoms with Gasteiger partial charge in [-0.3, -0.25) is 18.0 Å². The van der Waals surface area contributed by atoms with Crippen LogP contribution in [0.1, 0.15) is 122 Å². The van der Waals surface area contributed by atoms with Gasteiger partial charge in [-0.15, -0.1) is 11.3 Å².